The van der Waals surface area contributed by atoms with Gasteiger partial charge in [-0.1, -0.05) is 0 Å². The molecular formula is C11H15N5O2S. The zero-order valence-corrected chi connectivity index (χ0v) is 11.2. The van der Waals surface area contributed by atoms with Crippen molar-refractivity contribution in [3.05, 3.63) is 36.5 Å². The average Bonchev–Trinajstić information content (AvgIpc) is 2.92. The van der Waals surface area contributed by atoms with Gasteiger partial charge in [-0.2, -0.15) is 0 Å². The molecule has 0 bridgehead atoms. The van der Waals surface area contributed by atoms with E-state index in [9.17, 15) is 8.42 Å². The highest BCUT2D eigenvalue weighted by atomic mass is 32.2. The van der Waals surface area contributed by atoms with Crippen molar-refractivity contribution in [1.82, 2.24) is 19.7 Å². The van der Waals surface area contributed by atoms with Crippen LogP contribution in [0.15, 0.2) is 35.6 Å². The lowest BCUT2D eigenvalue weighted by Crippen LogP contribution is -2.26. The summed E-state index contributed by atoms with van der Waals surface area (Å²) in [6, 6.07) is 2.94. The Morgan fingerprint density at radius 1 is 1.32 bits per heavy atom. The monoisotopic (exact) mass is 281 g/mol. The summed E-state index contributed by atoms with van der Waals surface area (Å²) in [4.78, 5) is 11.1. The van der Waals surface area contributed by atoms with Crippen molar-refractivity contribution < 1.29 is 8.42 Å². The average molecular weight is 281 g/mol. The van der Waals surface area contributed by atoms with Gasteiger partial charge in [0.1, 0.15) is 11.6 Å². The topological polar surface area (TPSA) is 99.8 Å². The molecule has 8 heteroatoms. The van der Waals surface area contributed by atoms with Crippen molar-refractivity contribution >= 4 is 15.8 Å². The predicted octanol–water partition coefficient (Wildman–Crippen LogP) is 0.367. The van der Waals surface area contributed by atoms with E-state index < -0.39 is 10.0 Å². The maximum atomic E-state index is 12.0. The number of nitrogens with one attached hydrogen (secondary N) is 3. The van der Waals surface area contributed by atoms with Crippen LogP contribution in [0, 0.1) is 0 Å². The molecule has 7 nitrogen and oxygen atoms in total. The molecule has 0 fully saturated rings. The zero-order valence-electron chi connectivity index (χ0n) is 10.4. The van der Waals surface area contributed by atoms with Gasteiger partial charge in [0.15, 0.2) is 0 Å². The summed E-state index contributed by atoms with van der Waals surface area (Å²) in [5.41, 5.74) is 0. The summed E-state index contributed by atoms with van der Waals surface area (Å²) in [5.74, 6) is 1.25. The number of aromatic amines is 1. The highest BCUT2D eigenvalue weighted by Crippen LogP contribution is 2.11. The van der Waals surface area contributed by atoms with Crippen LogP contribution in [0.1, 0.15) is 5.82 Å². The minimum Gasteiger partial charge on any atom is -0.373 e. The Bertz CT molecular complexity index is 624. The highest BCUT2D eigenvalue weighted by molar-refractivity contribution is 7.89. The standard InChI is InChI=1S/C11H15N5O2S/c1-12-11-8-9(2-4-13-11)19(17,18)16-5-3-10-14-6-7-15-10/h2,4,6-8,16H,3,5H2,1H3,(H,12,13)(H,14,15). The van der Waals surface area contributed by atoms with Crippen molar-refractivity contribution in [2.45, 2.75) is 11.3 Å². The van der Waals surface area contributed by atoms with Crippen LogP contribution >= 0.6 is 0 Å². The molecule has 3 N–H and O–H groups in total. The van der Waals surface area contributed by atoms with Crippen LogP contribution in [-0.2, 0) is 16.4 Å². The van der Waals surface area contributed by atoms with E-state index in [2.05, 4.69) is 25.0 Å². The number of H-pyrrole nitrogens is 1. The molecule has 0 aliphatic carbocycles. The SMILES string of the molecule is CNc1cc(S(=O)(=O)NCCc2ncc[nH]2)ccn1. The number of hydrogen-bond donors (Lipinski definition) is 3. The van der Waals surface area contributed by atoms with Gasteiger partial charge in [0.2, 0.25) is 10.0 Å². The molecule has 2 aromatic heterocycles. The molecule has 102 valence electrons. The summed E-state index contributed by atoms with van der Waals surface area (Å²) >= 11 is 0. The van der Waals surface area contributed by atoms with Gasteiger partial charge < -0.3 is 10.3 Å². The maximum absolute atomic E-state index is 12.0. The summed E-state index contributed by atoms with van der Waals surface area (Å²) in [6.07, 6.45) is 5.29. The van der Waals surface area contributed by atoms with Crippen LogP contribution in [0.25, 0.3) is 0 Å². The Morgan fingerprint density at radius 2 is 2.16 bits per heavy atom. The van der Waals surface area contributed by atoms with Gasteiger partial charge in [0.25, 0.3) is 0 Å². The summed E-state index contributed by atoms with van der Waals surface area (Å²) < 4.78 is 26.6. The van der Waals surface area contributed by atoms with Gasteiger partial charge >= 0.3 is 0 Å². The summed E-state index contributed by atoms with van der Waals surface area (Å²) in [5, 5.41) is 2.80. The molecule has 0 aliphatic rings. The van der Waals surface area contributed by atoms with Crippen molar-refractivity contribution in [3.63, 3.8) is 0 Å². The molecular weight excluding hydrogens is 266 g/mol. The number of rotatable bonds is 6. The molecule has 0 aromatic carbocycles. The minimum absolute atomic E-state index is 0.186. The number of anilines is 1. The van der Waals surface area contributed by atoms with E-state index in [1.165, 1.54) is 18.3 Å². The zero-order chi connectivity index (χ0) is 13.7. The number of sulfonamides is 1. The van der Waals surface area contributed by atoms with Crippen LogP contribution < -0.4 is 10.0 Å². The summed E-state index contributed by atoms with van der Waals surface area (Å²) in [7, 11) is -1.83. The van der Waals surface area contributed by atoms with E-state index in [4.69, 9.17) is 0 Å². The second kappa shape index (κ2) is 5.81. The third-order valence-electron chi connectivity index (χ3n) is 2.51. The molecule has 0 atom stereocenters. The number of hydrogen-bond acceptors (Lipinski definition) is 5. The normalized spacial score (nSPS) is 11.4. The smallest absolute Gasteiger partial charge is 0.240 e. The Labute approximate surface area is 111 Å². The van der Waals surface area contributed by atoms with E-state index in [1.807, 2.05) is 0 Å². The van der Waals surface area contributed by atoms with Crippen molar-refractivity contribution in [2.24, 2.45) is 0 Å². The minimum atomic E-state index is -3.52. The molecule has 2 aromatic rings. The molecule has 0 unspecified atom stereocenters. The first kappa shape index (κ1) is 13.5. The first-order valence-corrected chi connectivity index (χ1v) is 7.22. The van der Waals surface area contributed by atoms with Crippen LogP contribution in [0.3, 0.4) is 0 Å². The van der Waals surface area contributed by atoms with Gasteiger partial charge in [0, 0.05) is 44.7 Å². The fraction of sp³-hybridized carbons (Fsp3) is 0.273. The Hall–Kier alpha value is -1.93. The molecule has 0 amide bonds. The molecule has 2 heterocycles. The number of nitrogens with zero attached hydrogens (tertiary/aromatic N) is 2. The molecule has 0 saturated heterocycles. The molecule has 2 rings (SSSR count). The third-order valence-corrected chi connectivity index (χ3v) is 3.97. The first-order chi connectivity index (χ1) is 9.12. The van der Waals surface area contributed by atoms with Gasteiger partial charge in [-0.05, 0) is 6.07 Å². The lowest BCUT2D eigenvalue weighted by atomic mass is 10.4. The fourth-order valence-corrected chi connectivity index (χ4v) is 2.58. The van der Waals surface area contributed by atoms with Crippen molar-refractivity contribution in [2.75, 3.05) is 18.9 Å². The number of imidazole rings is 1. The van der Waals surface area contributed by atoms with Crippen LogP contribution in [0.5, 0.6) is 0 Å². The highest BCUT2D eigenvalue weighted by Gasteiger charge is 2.14. The quantitative estimate of drug-likeness (QED) is 0.710. The van der Waals surface area contributed by atoms with Crippen LogP contribution in [-0.4, -0.2) is 37.0 Å². The lowest BCUT2D eigenvalue weighted by Gasteiger charge is -2.07. The Balaban J connectivity index is 2.01. The van der Waals surface area contributed by atoms with Crippen LogP contribution in [0.4, 0.5) is 5.82 Å². The van der Waals surface area contributed by atoms with Gasteiger partial charge in [-0.15, -0.1) is 0 Å². The predicted molar refractivity (Wildman–Crippen MR) is 71.3 cm³/mol. The number of pyridine rings is 1. The Morgan fingerprint density at radius 3 is 2.84 bits per heavy atom. The van der Waals surface area contributed by atoms with Gasteiger partial charge in [-0.3, -0.25) is 0 Å². The van der Waals surface area contributed by atoms with Gasteiger partial charge in [-0.25, -0.2) is 23.1 Å². The molecule has 19 heavy (non-hydrogen) atoms. The van der Waals surface area contributed by atoms with Crippen molar-refractivity contribution in [1.29, 1.82) is 0 Å². The van der Waals surface area contributed by atoms with E-state index in [0.29, 0.717) is 12.2 Å². The van der Waals surface area contributed by atoms with E-state index in [0.717, 1.165) is 5.82 Å². The van der Waals surface area contributed by atoms with Crippen LogP contribution in [0.2, 0.25) is 0 Å². The Kier molecular flexibility index (Phi) is 4.13. The second-order valence-electron chi connectivity index (χ2n) is 3.81. The first-order valence-electron chi connectivity index (χ1n) is 5.73. The molecule has 0 saturated carbocycles. The second-order valence-corrected chi connectivity index (χ2v) is 5.58. The summed E-state index contributed by atoms with van der Waals surface area (Å²) in [6.45, 7) is 0.285. The molecule has 0 aliphatic heterocycles. The maximum Gasteiger partial charge on any atom is 0.240 e. The third kappa shape index (κ3) is 3.52. The van der Waals surface area contributed by atoms with Gasteiger partial charge in [0.05, 0.1) is 4.90 Å². The van der Waals surface area contributed by atoms with E-state index in [-0.39, 0.29) is 11.4 Å². The largest absolute Gasteiger partial charge is 0.373 e. The number of aromatic nitrogens is 3. The van der Waals surface area contributed by atoms with Crippen molar-refractivity contribution in [3.8, 4) is 0 Å². The molecule has 0 radical (unpaired) electrons. The molecule has 0 spiro atoms. The van der Waals surface area contributed by atoms with E-state index in [1.54, 1.807) is 19.4 Å². The fourth-order valence-electron chi connectivity index (χ4n) is 1.54. The lowest BCUT2D eigenvalue weighted by molar-refractivity contribution is 0.581. The van der Waals surface area contributed by atoms with E-state index >= 15 is 0 Å².